The standard InChI is InChI=1S/C23H25N5O3/c1-13-18(19-20(27-23(2)7-8-23)25-12-26-21(19)30-13)22(29)28-10-6-15-16(11-28)24-9-5-17(15)31-14-3-4-14/h5,9,12,14H,3-4,6-8,10-11H2,1-2H3,(H,25,26,27). The molecule has 2 aliphatic carbocycles. The van der Waals surface area contributed by atoms with Gasteiger partial charge < -0.3 is 19.4 Å². The Hall–Kier alpha value is -3.16. The van der Waals surface area contributed by atoms with Crippen molar-refractivity contribution in [1.82, 2.24) is 19.9 Å². The van der Waals surface area contributed by atoms with Crippen molar-refractivity contribution in [1.29, 1.82) is 0 Å². The molecule has 3 aromatic rings. The second-order valence-electron chi connectivity index (χ2n) is 9.15. The Labute approximate surface area is 180 Å². The van der Waals surface area contributed by atoms with Crippen LogP contribution in [0.4, 0.5) is 5.82 Å². The molecule has 2 saturated carbocycles. The van der Waals surface area contributed by atoms with Gasteiger partial charge in [0.2, 0.25) is 5.71 Å². The van der Waals surface area contributed by atoms with Gasteiger partial charge in [-0.15, -0.1) is 0 Å². The predicted octanol–water partition coefficient (Wildman–Crippen LogP) is 3.63. The van der Waals surface area contributed by atoms with Gasteiger partial charge in [-0.2, -0.15) is 0 Å². The van der Waals surface area contributed by atoms with Crippen LogP contribution in [0.5, 0.6) is 5.75 Å². The molecule has 6 rings (SSSR count). The molecule has 2 fully saturated rings. The molecule has 31 heavy (non-hydrogen) atoms. The van der Waals surface area contributed by atoms with Crippen LogP contribution >= 0.6 is 0 Å². The molecule has 3 aromatic heterocycles. The van der Waals surface area contributed by atoms with E-state index in [0.717, 1.165) is 49.1 Å². The molecular formula is C23H25N5O3. The van der Waals surface area contributed by atoms with Crippen LogP contribution in [-0.2, 0) is 13.0 Å². The first-order valence-corrected chi connectivity index (χ1v) is 11.0. The fourth-order valence-corrected chi connectivity index (χ4v) is 4.23. The SMILES string of the molecule is Cc1oc2ncnc(NC3(C)CC3)c2c1C(=O)N1CCc2c(OC3CC3)ccnc2C1. The molecule has 0 unspecified atom stereocenters. The molecule has 0 bridgehead atoms. The van der Waals surface area contributed by atoms with E-state index in [-0.39, 0.29) is 11.4 Å². The first-order valence-electron chi connectivity index (χ1n) is 11.0. The van der Waals surface area contributed by atoms with E-state index < -0.39 is 0 Å². The summed E-state index contributed by atoms with van der Waals surface area (Å²) in [4.78, 5) is 28.7. The summed E-state index contributed by atoms with van der Waals surface area (Å²) >= 11 is 0. The van der Waals surface area contributed by atoms with Crippen molar-refractivity contribution >= 4 is 22.8 Å². The topological polar surface area (TPSA) is 93.4 Å². The number of pyridine rings is 1. The molecule has 0 saturated heterocycles. The van der Waals surface area contributed by atoms with Gasteiger partial charge in [0, 0.05) is 23.8 Å². The second kappa shape index (κ2) is 6.67. The largest absolute Gasteiger partial charge is 0.490 e. The van der Waals surface area contributed by atoms with Gasteiger partial charge >= 0.3 is 0 Å². The quantitative estimate of drug-likeness (QED) is 0.675. The maximum atomic E-state index is 13.6. The summed E-state index contributed by atoms with van der Waals surface area (Å²) in [5.74, 6) is 2.08. The van der Waals surface area contributed by atoms with Crippen LogP contribution < -0.4 is 10.1 Å². The number of nitrogens with zero attached hydrogens (tertiary/aromatic N) is 4. The molecule has 1 aliphatic heterocycles. The van der Waals surface area contributed by atoms with E-state index in [9.17, 15) is 4.79 Å². The molecule has 8 heteroatoms. The van der Waals surface area contributed by atoms with Gasteiger partial charge in [-0.25, -0.2) is 9.97 Å². The highest BCUT2D eigenvalue weighted by atomic mass is 16.5. The van der Waals surface area contributed by atoms with Crippen molar-refractivity contribution in [3.63, 3.8) is 0 Å². The van der Waals surface area contributed by atoms with Gasteiger partial charge in [-0.05, 0) is 52.0 Å². The number of carbonyl (C=O) groups is 1. The van der Waals surface area contributed by atoms with Crippen LogP contribution in [-0.4, -0.2) is 43.9 Å². The normalized spacial score (nSPS) is 19.2. The number of amides is 1. The number of aromatic nitrogens is 3. The highest BCUT2D eigenvalue weighted by molar-refractivity contribution is 6.10. The van der Waals surface area contributed by atoms with E-state index in [1.165, 1.54) is 6.33 Å². The van der Waals surface area contributed by atoms with Gasteiger partial charge in [0.15, 0.2) is 0 Å². The first-order chi connectivity index (χ1) is 15.0. The van der Waals surface area contributed by atoms with E-state index >= 15 is 0 Å². The molecule has 3 aliphatic rings. The zero-order valence-corrected chi connectivity index (χ0v) is 17.8. The van der Waals surface area contributed by atoms with Crippen molar-refractivity contribution < 1.29 is 13.9 Å². The number of rotatable bonds is 5. The van der Waals surface area contributed by atoms with E-state index in [2.05, 4.69) is 27.2 Å². The Morgan fingerprint density at radius 2 is 2.13 bits per heavy atom. The van der Waals surface area contributed by atoms with E-state index in [0.29, 0.717) is 47.4 Å². The minimum absolute atomic E-state index is 0.0265. The maximum absolute atomic E-state index is 13.6. The van der Waals surface area contributed by atoms with E-state index in [4.69, 9.17) is 9.15 Å². The summed E-state index contributed by atoms with van der Waals surface area (Å²) in [7, 11) is 0. The Kier molecular flexibility index (Phi) is 4.00. The lowest BCUT2D eigenvalue weighted by Crippen LogP contribution is -2.37. The molecule has 8 nitrogen and oxygen atoms in total. The molecule has 1 N–H and O–H groups in total. The molecule has 160 valence electrons. The summed E-state index contributed by atoms with van der Waals surface area (Å²) < 4.78 is 11.9. The van der Waals surface area contributed by atoms with Gasteiger partial charge in [0.1, 0.15) is 23.7 Å². The summed E-state index contributed by atoms with van der Waals surface area (Å²) in [6.45, 7) is 5.04. The van der Waals surface area contributed by atoms with Crippen molar-refractivity contribution in [3.05, 3.63) is 41.2 Å². The van der Waals surface area contributed by atoms with Crippen LogP contribution in [0.3, 0.4) is 0 Å². The number of hydrogen-bond acceptors (Lipinski definition) is 7. The lowest BCUT2D eigenvalue weighted by atomic mass is 10.0. The minimum Gasteiger partial charge on any atom is -0.490 e. The highest BCUT2D eigenvalue weighted by Gasteiger charge is 2.39. The Balaban J connectivity index is 1.33. The summed E-state index contributed by atoms with van der Waals surface area (Å²) in [6, 6.07) is 1.94. The first kappa shape index (κ1) is 18.6. The number of anilines is 1. The fraction of sp³-hybridized carbons (Fsp3) is 0.478. The van der Waals surface area contributed by atoms with Crippen LogP contribution in [0, 0.1) is 6.92 Å². The van der Waals surface area contributed by atoms with Crippen LogP contribution in [0.25, 0.3) is 11.1 Å². The number of hydrogen-bond donors (Lipinski definition) is 1. The van der Waals surface area contributed by atoms with Crippen molar-refractivity contribution in [2.75, 3.05) is 11.9 Å². The third kappa shape index (κ3) is 3.30. The zero-order chi connectivity index (χ0) is 21.2. The van der Waals surface area contributed by atoms with Crippen molar-refractivity contribution in [2.45, 2.75) is 64.1 Å². The predicted molar refractivity (Wildman–Crippen MR) is 114 cm³/mol. The van der Waals surface area contributed by atoms with Crippen LogP contribution in [0.1, 0.15) is 60.0 Å². The molecule has 4 heterocycles. The molecule has 0 atom stereocenters. The van der Waals surface area contributed by atoms with Crippen molar-refractivity contribution in [3.8, 4) is 5.75 Å². The number of fused-ring (bicyclic) bond motifs is 2. The summed E-state index contributed by atoms with van der Waals surface area (Å²) in [5.41, 5.74) is 3.04. The highest BCUT2D eigenvalue weighted by Crippen LogP contribution is 2.40. The lowest BCUT2D eigenvalue weighted by Gasteiger charge is -2.29. The smallest absolute Gasteiger partial charge is 0.258 e. The number of aryl methyl sites for hydroxylation is 1. The summed E-state index contributed by atoms with van der Waals surface area (Å²) in [6.07, 6.45) is 8.72. The van der Waals surface area contributed by atoms with Crippen LogP contribution in [0.2, 0.25) is 0 Å². The third-order valence-corrected chi connectivity index (χ3v) is 6.48. The van der Waals surface area contributed by atoms with Gasteiger partial charge in [0.25, 0.3) is 5.91 Å². The van der Waals surface area contributed by atoms with Crippen molar-refractivity contribution in [2.24, 2.45) is 0 Å². The van der Waals surface area contributed by atoms with E-state index in [1.807, 2.05) is 17.9 Å². The van der Waals surface area contributed by atoms with Gasteiger partial charge in [-0.3, -0.25) is 9.78 Å². The molecule has 1 amide bonds. The Morgan fingerprint density at radius 3 is 2.90 bits per heavy atom. The molecule has 0 radical (unpaired) electrons. The molecular weight excluding hydrogens is 394 g/mol. The van der Waals surface area contributed by atoms with Crippen LogP contribution in [0.15, 0.2) is 23.0 Å². The minimum atomic E-state index is -0.0731. The maximum Gasteiger partial charge on any atom is 0.258 e. The average Bonchev–Trinajstić information content (AvgIpc) is 3.68. The Morgan fingerprint density at radius 1 is 1.29 bits per heavy atom. The lowest BCUT2D eigenvalue weighted by molar-refractivity contribution is 0.0730. The zero-order valence-electron chi connectivity index (χ0n) is 17.8. The monoisotopic (exact) mass is 419 g/mol. The number of nitrogens with one attached hydrogen (secondary N) is 1. The Bertz CT molecular complexity index is 1200. The number of carbonyl (C=O) groups excluding carboxylic acids is 1. The molecule has 0 spiro atoms. The fourth-order valence-electron chi connectivity index (χ4n) is 4.23. The van der Waals surface area contributed by atoms with Gasteiger partial charge in [0.05, 0.1) is 29.3 Å². The van der Waals surface area contributed by atoms with Gasteiger partial charge in [-0.1, -0.05) is 0 Å². The number of ether oxygens (including phenoxy) is 1. The third-order valence-electron chi connectivity index (χ3n) is 6.48. The number of furan rings is 1. The average molecular weight is 419 g/mol. The summed E-state index contributed by atoms with van der Waals surface area (Å²) in [5, 5.41) is 4.15. The molecule has 0 aromatic carbocycles. The van der Waals surface area contributed by atoms with E-state index in [1.54, 1.807) is 6.20 Å². The second-order valence-corrected chi connectivity index (χ2v) is 9.15.